The lowest BCUT2D eigenvalue weighted by molar-refractivity contribution is -0.130. The number of carbonyl (C=O) groups excluding carboxylic acids is 1. The number of likely N-dealkylation sites (N-methyl/N-ethyl adjacent to an activating group) is 1. The fraction of sp³-hybridized carbons (Fsp3) is 0.923. The van der Waals surface area contributed by atoms with Crippen molar-refractivity contribution in [2.75, 3.05) is 46.8 Å². The van der Waals surface area contributed by atoms with Crippen LogP contribution in [0, 0.1) is 5.41 Å². The normalized spacial score (nSPS) is 22.9. The molecule has 0 aromatic carbocycles. The van der Waals surface area contributed by atoms with Gasteiger partial charge in [0, 0.05) is 27.2 Å². The lowest BCUT2D eigenvalue weighted by Crippen LogP contribution is -2.43. The number of hydrogen-bond donors (Lipinski definition) is 1. The Kier molecular flexibility index (Phi) is 7.83. The summed E-state index contributed by atoms with van der Waals surface area (Å²) in [5.41, 5.74) is 0.335. The molecule has 0 saturated carbocycles. The largest absolute Gasteiger partial charge is 0.348 e. The number of amides is 1. The van der Waals surface area contributed by atoms with E-state index >= 15 is 0 Å². The second-order valence-electron chi connectivity index (χ2n) is 5.74. The van der Waals surface area contributed by atoms with Gasteiger partial charge in [0.1, 0.15) is 0 Å². The van der Waals surface area contributed by atoms with Gasteiger partial charge in [0.25, 0.3) is 0 Å². The van der Waals surface area contributed by atoms with E-state index in [0.717, 1.165) is 32.6 Å². The Bertz CT molecular complexity index is 253. The molecule has 18 heavy (non-hydrogen) atoms. The summed E-state index contributed by atoms with van der Waals surface area (Å²) in [5, 5.41) is 3.41. The number of hydrogen-bond acceptors (Lipinski definition) is 3. The zero-order chi connectivity index (χ0) is 12.9. The number of halogens is 1. The minimum Gasteiger partial charge on any atom is -0.348 e. The van der Waals surface area contributed by atoms with Crippen molar-refractivity contribution in [3.8, 4) is 0 Å². The molecular weight excluding hydrogens is 250 g/mol. The van der Waals surface area contributed by atoms with Gasteiger partial charge in [-0.25, -0.2) is 0 Å². The molecule has 1 atom stereocenters. The van der Waals surface area contributed by atoms with Crippen LogP contribution in [-0.4, -0.2) is 62.5 Å². The zero-order valence-electron chi connectivity index (χ0n) is 12.2. The molecule has 1 amide bonds. The van der Waals surface area contributed by atoms with E-state index in [1.165, 1.54) is 6.42 Å². The fourth-order valence-corrected chi connectivity index (χ4v) is 2.41. The van der Waals surface area contributed by atoms with Gasteiger partial charge in [-0.15, -0.1) is 12.4 Å². The maximum absolute atomic E-state index is 11.8. The molecule has 1 aliphatic rings. The van der Waals surface area contributed by atoms with Gasteiger partial charge in [-0.2, -0.15) is 0 Å². The summed E-state index contributed by atoms with van der Waals surface area (Å²) in [4.78, 5) is 15.8. The van der Waals surface area contributed by atoms with E-state index in [9.17, 15) is 4.79 Å². The monoisotopic (exact) mass is 277 g/mol. The highest BCUT2D eigenvalue weighted by atomic mass is 35.5. The molecule has 0 aliphatic carbocycles. The minimum atomic E-state index is 0. The molecular formula is C13H28ClN3O. The standard InChI is InChI=1S/C13H27N3O.ClH/c1-5-8-16(9-12(17)15(3)4)11-13(2)6-7-14-10-13;/h14H,5-11H2,1-4H3;1H. The van der Waals surface area contributed by atoms with E-state index in [1.807, 2.05) is 14.1 Å². The first-order chi connectivity index (χ1) is 7.97. The summed E-state index contributed by atoms with van der Waals surface area (Å²) < 4.78 is 0. The first kappa shape index (κ1) is 17.7. The summed E-state index contributed by atoms with van der Waals surface area (Å²) in [7, 11) is 3.65. The van der Waals surface area contributed by atoms with Crippen molar-refractivity contribution < 1.29 is 4.79 Å². The number of nitrogens with zero attached hydrogens (tertiary/aromatic N) is 2. The van der Waals surface area contributed by atoms with Gasteiger partial charge in [-0.3, -0.25) is 9.69 Å². The Balaban J connectivity index is 0.00000289. The molecule has 5 heteroatoms. The molecule has 1 fully saturated rings. The van der Waals surface area contributed by atoms with Crippen molar-refractivity contribution >= 4 is 18.3 Å². The van der Waals surface area contributed by atoms with Crippen molar-refractivity contribution in [2.45, 2.75) is 26.7 Å². The molecule has 0 aromatic heterocycles. The Morgan fingerprint density at radius 3 is 2.50 bits per heavy atom. The molecule has 1 unspecified atom stereocenters. The molecule has 1 aliphatic heterocycles. The molecule has 1 heterocycles. The van der Waals surface area contributed by atoms with E-state index in [2.05, 4.69) is 24.1 Å². The van der Waals surface area contributed by atoms with Crippen LogP contribution < -0.4 is 5.32 Å². The molecule has 1 saturated heterocycles. The lowest BCUT2D eigenvalue weighted by Gasteiger charge is -2.32. The van der Waals surface area contributed by atoms with Crippen molar-refractivity contribution in [3.63, 3.8) is 0 Å². The van der Waals surface area contributed by atoms with Crippen LogP contribution in [0.2, 0.25) is 0 Å². The summed E-state index contributed by atoms with van der Waals surface area (Å²) in [6.45, 7) is 9.25. The average molecular weight is 278 g/mol. The summed E-state index contributed by atoms with van der Waals surface area (Å²) >= 11 is 0. The summed E-state index contributed by atoms with van der Waals surface area (Å²) in [5.74, 6) is 0.202. The molecule has 1 rings (SSSR count). The Hall–Kier alpha value is -0.320. The van der Waals surface area contributed by atoms with Crippen molar-refractivity contribution in [2.24, 2.45) is 5.41 Å². The smallest absolute Gasteiger partial charge is 0.236 e. The second kappa shape index (κ2) is 7.97. The minimum absolute atomic E-state index is 0. The molecule has 1 N–H and O–H groups in total. The lowest BCUT2D eigenvalue weighted by atomic mass is 9.89. The maximum atomic E-state index is 11.8. The molecule has 0 bridgehead atoms. The highest BCUT2D eigenvalue weighted by Gasteiger charge is 2.31. The van der Waals surface area contributed by atoms with Crippen LogP contribution in [0.25, 0.3) is 0 Å². The predicted octanol–water partition coefficient (Wildman–Crippen LogP) is 1.21. The van der Waals surface area contributed by atoms with E-state index in [4.69, 9.17) is 0 Å². The van der Waals surface area contributed by atoms with Crippen LogP contribution in [-0.2, 0) is 4.79 Å². The van der Waals surface area contributed by atoms with Crippen molar-refractivity contribution in [1.29, 1.82) is 0 Å². The van der Waals surface area contributed by atoms with E-state index < -0.39 is 0 Å². The maximum Gasteiger partial charge on any atom is 0.236 e. The van der Waals surface area contributed by atoms with E-state index in [0.29, 0.717) is 12.0 Å². The van der Waals surface area contributed by atoms with Gasteiger partial charge < -0.3 is 10.2 Å². The summed E-state index contributed by atoms with van der Waals surface area (Å²) in [6.07, 6.45) is 2.31. The number of nitrogens with one attached hydrogen (secondary N) is 1. The van der Waals surface area contributed by atoms with Crippen LogP contribution in [0.5, 0.6) is 0 Å². The SMILES string of the molecule is CCCN(CC(=O)N(C)C)CC1(C)CCNC1.Cl. The van der Waals surface area contributed by atoms with Gasteiger partial charge in [-0.1, -0.05) is 13.8 Å². The predicted molar refractivity (Wildman–Crippen MR) is 78.3 cm³/mol. The number of rotatable bonds is 6. The molecule has 0 spiro atoms. The zero-order valence-corrected chi connectivity index (χ0v) is 13.0. The molecule has 4 nitrogen and oxygen atoms in total. The third kappa shape index (κ3) is 5.55. The van der Waals surface area contributed by atoms with Gasteiger partial charge in [0.15, 0.2) is 0 Å². The Morgan fingerprint density at radius 2 is 2.06 bits per heavy atom. The van der Waals surface area contributed by atoms with E-state index in [-0.39, 0.29) is 18.3 Å². The fourth-order valence-electron chi connectivity index (χ4n) is 2.41. The molecule has 0 aromatic rings. The van der Waals surface area contributed by atoms with Gasteiger partial charge in [0.05, 0.1) is 6.54 Å². The summed E-state index contributed by atoms with van der Waals surface area (Å²) in [6, 6.07) is 0. The quantitative estimate of drug-likeness (QED) is 0.793. The third-order valence-electron chi connectivity index (χ3n) is 3.46. The number of carbonyl (C=O) groups is 1. The second-order valence-corrected chi connectivity index (χ2v) is 5.74. The molecule has 108 valence electrons. The van der Waals surface area contributed by atoms with Crippen molar-refractivity contribution in [1.82, 2.24) is 15.1 Å². The topological polar surface area (TPSA) is 35.6 Å². The van der Waals surface area contributed by atoms with Crippen LogP contribution in [0.15, 0.2) is 0 Å². The first-order valence-electron chi connectivity index (χ1n) is 6.60. The highest BCUT2D eigenvalue weighted by Crippen LogP contribution is 2.25. The van der Waals surface area contributed by atoms with Crippen LogP contribution in [0.3, 0.4) is 0 Å². The van der Waals surface area contributed by atoms with Gasteiger partial charge in [-0.05, 0) is 31.3 Å². The van der Waals surface area contributed by atoms with Crippen LogP contribution >= 0.6 is 12.4 Å². The first-order valence-corrected chi connectivity index (χ1v) is 6.60. The Labute approximate surface area is 117 Å². The van der Waals surface area contributed by atoms with Gasteiger partial charge in [0.2, 0.25) is 5.91 Å². The highest BCUT2D eigenvalue weighted by molar-refractivity contribution is 5.85. The van der Waals surface area contributed by atoms with Crippen molar-refractivity contribution in [3.05, 3.63) is 0 Å². The van der Waals surface area contributed by atoms with Gasteiger partial charge >= 0.3 is 0 Å². The molecule has 0 radical (unpaired) electrons. The van der Waals surface area contributed by atoms with Crippen LogP contribution in [0.1, 0.15) is 26.7 Å². The average Bonchev–Trinajstić information content (AvgIpc) is 2.65. The van der Waals surface area contributed by atoms with Crippen LogP contribution in [0.4, 0.5) is 0 Å². The third-order valence-corrected chi connectivity index (χ3v) is 3.46. The van der Waals surface area contributed by atoms with E-state index in [1.54, 1.807) is 4.90 Å². The Morgan fingerprint density at radius 1 is 1.39 bits per heavy atom.